The standard InChI is InChI=1S/C30H50/c1-23(2)13-9-14-24(3)15-10-16-25(4)17-11-18-27-26(5)19-20-28-29(6,7)21-12-22-30(27,28)8/h13,15,17,27-28H,5,9-12,14,16,18-22H2,1-4,6-8H3/b24-15+,25-17+/t27-,28-,30+/m0/s1. The first-order valence-electron chi connectivity index (χ1n) is 12.7. The van der Waals surface area contributed by atoms with Gasteiger partial charge in [-0.15, -0.1) is 0 Å². The summed E-state index contributed by atoms with van der Waals surface area (Å²) >= 11 is 0. The zero-order valence-electron chi connectivity index (χ0n) is 21.4. The molecule has 170 valence electrons. The molecule has 0 N–H and O–H groups in total. The van der Waals surface area contributed by atoms with Gasteiger partial charge in [-0.2, -0.15) is 0 Å². The smallest absolute Gasteiger partial charge is 0.0146 e. The lowest BCUT2D eigenvalue weighted by atomic mass is 9.47. The van der Waals surface area contributed by atoms with Crippen molar-refractivity contribution >= 4 is 0 Å². The summed E-state index contributed by atoms with van der Waals surface area (Å²) in [4.78, 5) is 0. The van der Waals surface area contributed by atoms with Crippen LogP contribution in [0.5, 0.6) is 0 Å². The minimum Gasteiger partial charge on any atom is -0.0996 e. The highest BCUT2D eigenvalue weighted by Gasteiger charge is 2.52. The lowest BCUT2D eigenvalue weighted by Crippen LogP contribution is -2.49. The van der Waals surface area contributed by atoms with Crippen LogP contribution in [0.1, 0.15) is 119 Å². The molecule has 2 fully saturated rings. The lowest BCUT2D eigenvalue weighted by molar-refractivity contribution is -0.0537. The fraction of sp³-hybridized carbons (Fsp3) is 0.733. The molecule has 0 heteroatoms. The number of allylic oxidation sites excluding steroid dienone is 7. The minimum atomic E-state index is 0.476. The number of hydrogen-bond acceptors (Lipinski definition) is 0. The van der Waals surface area contributed by atoms with Crippen molar-refractivity contribution in [3.63, 3.8) is 0 Å². The fourth-order valence-corrected chi connectivity index (χ4v) is 6.64. The largest absolute Gasteiger partial charge is 0.0996 e. The van der Waals surface area contributed by atoms with Crippen molar-refractivity contribution in [3.05, 3.63) is 47.1 Å². The van der Waals surface area contributed by atoms with Crippen LogP contribution < -0.4 is 0 Å². The lowest BCUT2D eigenvalue weighted by Gasteiger charge is -2.58. The molecule has 30 heavy (non-hydrogen) atoms. The van der Waals surface area contributed by atoms with Crippen LogP contribution in [0.2, 0.25) is 0 Å². The Kier molecular flexibility index (Phi) is 9.26. The third-order valence-electron chi connectivity index (χ3n) is 8.39. The Morgan fingerprint density at radius 1 is 0.900 bits per heavy atom. The van der Waals surface area contributed by atoms with Gasteiger partial charge >= 0.3 is 0 Å². The second-order valence-corrected chi connectivity index (χ2v) is 11.7. The Labute approximate surface area is 189 Å². The number of rotatable bonds is 9. The van der Waals surface area contributed by atoms with Crippen LogP contribution in [0.25, 0.3) is 0 Å². The van der Waals surface area contributed by atoms with Crippen LogP contribution in [0.15, 0.2) is 47.1 Å². The predicted octanol–water partition coefficient (Wildman–Crippen LogP) is 9.98. The Bertz CT molecular complexity index is 664. The molecule has 0 heterocycles. The van der Waals surface area contributed by atoms with E-state index < -0.39 is 0 Å². The molecule has 0 bridgehead atoms. The maximum absolute atomic E-state index is 4.55. The predicted molar refractivity (Wildman–Crippen MR) is 136 cm³/mol. The van der Waals surface area contributed by atoms with Gasteiger partial charge in [-0.1, -0.05) is 74.3 Å². The van der Waals surface area contributed by atoms with Gasteiger partial charge in [0.1, 0.15) is 0 Å². The molecule has 2 rings (SSSR count). The highest BCUT2D eigenvalue weighted by Crippen LogP contribution is 2.61. The molecule has 2 aliphatic carbocycles. The molecule has 0 saturated heterocycles. The van der Waals surface area contributed by atoms with Crippen LogP contribution in [-0.2, 0) is 0 Å². The van der Waals surface area contributed by atoms with E-state index in [0.717, 1.165) is 11.8 Å². The van der Waals surface area contributed by atoms with Gasteiger partial charge in [-0.25, -0.2) is 0 Å². The molecule has 0 aromatic carbocycles. The summed E-state index contributed by atoms with van der Waals surface area (Å²) in [7, 11) is 0. The van der Waals surface area contributed by atoms with Gasteiger partial charge in [0.25, 0.3) is 0 Å². The summed E-state index contributed by atoms with van der Waals surface area (Å²) in [5.41, 5.74) is 7.07. The molecule has 0 aliphatic heterocycles. The molecule has 0 amide bonds. The molecular formula is C30H50. The first-order chi connectivity index (χ1) is 14.1. The first-order valence-corrected chi connectivity index (χ1v) is 12.7. The van der Waals surface area contributed by atoms with E-state index in [2.05, 4.69) is 73.3 Å². The van der Waals surface area contributed by atoms with Crippen molar-refractivity contribution < 1.29 is 0 Å². The summed E-state index contributed by atoms with van der Waals surface area (Å²) in [6.07, 6.45) is 21.5. The molecule has 0 aromatic heterocycles. The molecule has 0 unspecified atom stereocenters. The Hall–Kier alpha value is -1.04. The van der Waals surface area contributed by atoms with Gasteiger partial charge in [-0.3, -0.25) is 0 Å². The average Bonchev–Trinajstić information content (AvgIpc) is 2.63. The molecule has 2 saturated carbocycles. The molecule has 3 atom stereocenters. The van der Waals surface area contributed by atoms with Gasteiger partial charge in [0.2, 0.25) is 0 Å². The molecule has 0 nitrogen and oxygen atoms in total. The van der Waals surface area contributed by atoms with Crippen LogP contribution in [0.4, 0.5) is 0 Å². The second-order valence-electron chi connectivity index (χ2n) is 11.7. The highest BCUT2D eigenvalue weighted by molar-refractivity contribution is 5.16. The van der Waals surface area contributed by atoms with Gasteiger partial charge in [0.05, 0.1) is 0 Å². The van der Waals surface area contributed by atoms with E-state index in [-0.39, 0.29) is 0 Å². The zero-order valence-corrected chi connectivity index (χ0v) is 21.4. The van der Waals surface area contributed by atoms with E-state index in [4.69, 9.17) is 0 Å². The monoisotopic (exact) mass is 410 g/mol. The fourth-order valence-electron chi connectivity index (χ4n) is 6.64. The number of fused-ring (bicyclic) bond motifs is 1. The van der Waals surface area contributed by atoms with Crippen molar-refractivity contribution in [2.75, 3.05) is 0 Å². The summed E-state index contributed by atoms with van der Waals surface area (Å²) < 4.78 is 0. The van der Waals surface area contributed by atoms with Crippen LogP contribution in [0.3, 0.4) is 0 Å². The van der Waals surface area contributed by atoms with E-state index in [0.29, 0.717) is 10.8 Å². The zero-order chi connectivity index (χ0) is 22.4. The van der Waals surface area contributed by atoms with Crippen molar-refractivity contribution in [2.24, 2.45) is 22.7 Å². The van der Waals surface area contributed by atoms with E-state index in [1.165, 1.54) is 81.8 Å². The SMILES string of the molecule is C=C1CC[C@H]2C(C)(C)CCC[C@]2(C)[C@H]1CC/C=C(\C)CC/C=C(\C)CCC=C(C)C. The van der Waals surface area contributed by atoms with Crippen LogP contribution in [-0.4, -0.2) is 0 Å². The topological polar surface area (TPSA) is 0 Å². The Morgan fingerprint density at radius 3 is 2.13 bits per heavy atom. The van der Waals surface area contributed by atoms with Crippen molar-refractivity contribution in [1.29, 1.82) is 0 Å². The third kappa shape index (κ3) is 6.73. The van der Waals surface area contributed by atoms with E-state index in [9.17, 15) is 0 Å². The molecule has 0 aromatic rings. The van der Waals surface area contributed by atoms with Gasteiger partial charge in [0, 0.05) is 0 Å². The van der Waals surface area contributed by atoms with Crippen LogP contribution in [0, 0.1) is 22.7 Å². The van der Waals surface area contributed by atoms with Gasteiger partial charge < -0.3 is 0 Å². The Balaban J connectivity index is 1.85. The second kappa shape index (κ2) is 11.0. The molecule has 2 aliphatic rings. The quantitative estimate of drug-likeness (QED) is 0.332. The Morgan fingerprint density at radius 2 is 1.50 bits per heavy atom. The first kappa shape index (κ1) is 25.2. The normalized spacial score (nSPS) is 29.5. The van der Waals surface area contributed by atoms with E-state index in [1.54, 1.807) is 11.1 Å². The molecular weight excluding hydrogens is 360 g/mol. The highest BCUT2D eigenvalue weighted by atomic mass is 14.6. The van der Waals surface area contributed by atoms with Gasteiger partial charge in [-0.05, 0) is 115 Å². The minimum absolute atomic E-state index is 0.476. The molecule has 0 radical (unpaired) electrons. The van der Waals surface area contributed by atoms with Gasteiger partial charge in [0.15, 0.2) is 0 Å². The summed E-state index contributed by atoms with van der Waals surface area (Å²) in [6.45, 7) is 21.2. The van der Waals surface area contributed by atoms with E-state index >= 15 is 0 Å². The van der Waals surface area contributed by atoms with Crippen LogP contribution >= 0.6 is 0 Å². The van der Waals surface area contributed by atoms with E-state index in [1.807, 2.05) is 0 Å². The summed E-state index contributed by atoms with van der Waals surface area (Å²) in [5.74, 6) is 1.59. The maximum atomic E-state index is 4.55. The molecule has 0 spiro atoms. The maximum Gasteiger partial charge on any atom is -0.0146 e. The average molecular weight is 411 g/mol. The number of hydrogen-bond donors (Lipinski definition) is 0. The van der Waals surface area contributed by atoms with Crippen molar-refractivity contribution in [2.45, 2.75) is 119 Å². The third-order valence-corrected chi connectivity index (χ3v) is 8.39. The van der Waals surface area contributed by atoms with Crippen molar-refractivity contribution in [3.8, 4) is 0 Å². The summed E-state index contributed by atoms with van der Waals surface area (Å²) in [6, 6.07) is 0. The summed E-state index contributed by atoms with van der Waals surface area (Å²) in [5, 5.41) is 0. The van der Waals surface area contributed by atoms with Crippen molar-refractivity contribution in [1.82, 2.24) is 0 Å².